The molecule has 3 nitrogen and oxygen atoms in total. The summed E-state index contributed by atoms with van der Waals surface area (Å²) < 4.78 is 5.26. The van der Waals surface area contributed by atoms with E-state index >= 15 is 0 Å². The van der Waals surface area contributed by atoms with Gasteiger partial charge in [-0.25, -0.2) is 0 Å². The quantitative estimate of drug-likeness (QED) is 0.928. The fourth-order valence-electron chi connectivity index (χ4n) is 2.82. The lowest BCUT2D eigenvalue weighted by atomic mass is 9.90. The van der Waals surface area contributed by atoms with E-state index in [0.717, 1.165) is 12.8 Å². The molecule has 0 aliphatic heterocycles. The number of anilines is 1. The number of aryl methyl sites for hydroxylation is 2. The molecule has 21 heavy (non-hydrogen) atoms. The van der Waals surface area contributed by atoms with Gasteiger partial charge in [0.25, 0.3) is 5.91 Å². The van der Waals surface area contributed by atoms with Crippen LogP contribution in [-0.4, -0.2) is 13.0 Å². The van der Waals surface area contributed by atoms with Crippen molar-refractivity contribution in [2.45, 2.75) is 25.7 Å². The number of nitrogens with one attached hydrogen (secondary N) is 1. The SMILES string of the molecule is COc1ccccc1NC(=O)c1ccc2c(c1)CCCC2. The Morgan fingerprint density at radius 2 is 1.81 bits per heavy atom. The van der Waals surface area contributed by atoms with Crippen LogP contribution in [0.4, 0.5) is 5.69 Å². The minimum Gasteiger partial charge on any atom is -0.495 e. The number of amides is 1. The van der Waals surface area contributed by atoms with Gasteiger partial charge in [-0.15, -0.1) is 0 Å². The molecule has 2 aromatic carbocycles. The highest BCUT2D eigenvalue weighted by molar-refractivity contribution is 6.05. The Hall–Kier alpha value is -2.29. The Morgan fingerprint density at radius 3 is 2.62 bits per heavy atom. The van der Waals surface area contributed by atoms with Gasteiger partial charge >= 0.3 is 0 Å². The normalized spacial score (nSPS) is 13.4. The first-order valence-electron chi connectivity index (χ1n) is 7.34. The van der Waals surface area contributed by atoms with Crippen LogP contribution < -0.4 is 10.1 Å². The molecule has 0 bridgehead atoms. The number of ether oxygens (including phenoxy) is 1. The van der Waals surface area contributed by atoms with Gasteiger partial charge in [0, 0.05) is 5.56 Å². The van der Waals surface area contributed by atoms with Crippen LogP contribution >= 0.6 is 0 Å². The van der Waals surface area contributed by atoms with Crippen LogP contribution in [0.3, 0.4) is 0 Å². The molecular formula is C18H19NO2. The monoisotopic (exact) mass is 281 g/mol. The van der Waals surface area contributed by atoms with Gasteiger partial charge in [-0.1, -0.05) is 18.2 Å². The second-order valence-corrected chi connectivity index (χ2v) is 5.35. The Balaban J connectivity index is 1.82. The summed E-state index contributed by atoms with van der Waals surface area (Å²) in [6, 6.07) is 13.5. The lowest BCUT2D eigenvalue weighted by Crippen LogP contribution is -2.14. The number of hydrogen-bond acceptors (Lipinski definition) is 2. The maximum Gasteiger partial charge on any atom is 0.255 e. The maximum absolute atomic E-state index is 12.4. The summed E-state index contributed by atoms with van der Waals surface area (Å²) in [6.45, 7) is 0. The maximum atomic E-state index is 12.4. The molecule has 0 heterocycles. The average molecular weight is 281 g/mol. The summed E-state index contributed by atoms with van der Waals surface area (Å²) in [6.07, 6.45) is 4.67. The number of hydrogen-bond donors (Lipinski definition) is 1. The number of rotatable bonds is 3. The smallest absolute Gasteiger partial charge is 0.255 e. The molecule has 0 aromatic heterocycles. The summed E-state index contributed by atoms with van der Waals surface area (Å²) >= 11 is 0. The van der Waals surface area contributed by atoms with Crippen LogP contribution in [0.15, 0.2) is 42.5 Å². The van der Waals surface area contributed by atoms with Crippen molar-refractivity contribution in [1.82, 2.24) is 0 Å². The van der Waals surface area contributed by atoms with E-state index < -0.39 is 0 Å². The summed E-state index contributed by atoms with van der Waals surface area (Å²) in [4.78, 5) is 12.4. The minimum atomic E-state index is -0.0899. The fraction of sp³-hybridized carbons (Fsp3) is 0.278. The van der Waals surface area contributed by atoms with Crippen LogP contribution in [-0.2, 0) is 12.8 Å². The predicted octanol–water partition coefficient (Wildman–Crippen LogP) is 3.83. The van der Waals surface area contributed by atoms with Crippen molar-refractivity contribution in [3.63, 3.8) is 0 Å². The summed E-state index contributed by atoms with van der Waals surface area (Å²) in [5.41, 5.74) is 4.10. The van der Waals surface area contributed by atoms with Crippen molar-refractivity contribution < 1.29 is 9.53 Å². The zero-order valence-electron chi connectivity index (χ0n) is 12.2. The third kappa shape index (κ3) is 2.92. The number of methoxy groups -OCH3 is 1. The van der Waals surface area contributed by atoms with E-state index in [1.807, 2.05) is 36.4 Å². The zero-order valence-corrected chi connectivity index (χ0v) is 12.2. The topological polar surface area (TPSA) is 38.3 Å². The van der Waals surface area contributed by atoms with E-state index in [2.05, 4.69) is 11.4 Å². The van der Waals surface area contributed by atoms with E-state index in [-0.39, 0.29) is 5.91 Å². The summed E-state index contributed by atoms with van der Waals surface area (Å²) in [5.74, 6) is 0.580. The van der Waals surface area contributed by atoms with Crippen LogP contribution in [0.2, 0.25) is 0 Å². The fourth-order valence-corrected chi connectivity index (χ4v) is 2.82. The van der Waals surface area contributed by atoms with Gasteiger partial charge in [0.05, 0.1) is 12.8 Å². The number of benzene rings is 2. The molecule has 0 fully saturated rings. The Bertz CT molecular complexity index is 664. The van der Waals surface area contributed by atoms with Crippen LogP contribution in [0.5, 0.6) is 5.75 Å². The molecule has 0 spiro atoms. The largest absolute Gasteiger partial charge is 0.495 e. The van der Waals surface area contributed by atoms with Gasteiger partial charge in [-0.2, -0.15) is 0 Å². The van der Waals surface area contributed by atoms with Crippen LogP contribution in [0.1, 0.15) is 34.3 Å². The van der Waals surface area contributed by atoms with Crippen molar-refractivity contribution in [2.24, 2.45) is 0 Å². The van der Waals surface area contributed by atoms with E-state index in [0.29, 0.717) is 17.0 Å². The second kappa shape index (κ2) is 6.00. The first-order chi connectivity index (χ1) is 10.3. The predicted molar refractivity (Wildman–Crippen MR) is 84.0 cm³/mol. The number of para-hydroxylation sites is 2. The first kappa shape index (κ1) is 13.7. The second-order valence-electron chi connectivity index (χ2n) is 5.35. The molecular weight excluding hydrogens is 262 g/mol. The lowest BCUT2D eigenvalue weighted by molar-refractivity contribution is 0.102. The molecule has 3 heteroatoms. The molecule has 108 valence electrons. The van der Waals surface area contributed by atoms with Gasteiger partial charge in [-0.05, 0) is 61.1 Å². The lowest BCUT2D eigenvalue weighted by Gasteiger charge is -2.16. The molecule has 3 rings (SSSR count). The molecule has 1 N–H and O–H groups in total. The number of fused-ring (bicyclic) bond motifs is 1. The zero-order chi connectivity index (χ0) is 14.7. The number of carbonyl (C=O) groups is 1. The van der Waals surface area contributed by atoms with E-state index in [9.17, 15) is 4.79 Å². The molecule has 0 unspecified atom stereocenters. The Morgan fingerprint density at radius 1 is 1.05 bits per heavy atom. The molecule has 0 saturated carbocycles. The van der Waals surface area contributed by atoms with Crippen molar-refractivity contribution >= 4 is 11.6 Å². The third-order valence-electron chi connectivity index (χ3n) is 3.97. The highest BCUT2D eigenvalue weighted by Gasteiger charge is 2.14. The van der Waals surface area contributed by atoms with Crippen LogP contribution in [0, 0.1) is 0 Å². The minimum absolute atomic E-state index is 0.0899. The third-order valence-corrected chi connectivity index (χ3v) is 3.97. The molecule has 0 radical (unpaired) electrons. The average Bonchev–Trinajstić information content (AvgIpc) is 2.55. The van der Waals surface area contributed by atoms with Gasteiger partial charge in [0.15, 0.2) is 0 Å². The molecule has 1 aliphatic carbocycles. The Kier molecular flexibility index (Phi) is 3.91. The molecule has 2 aromatic rings. The summed E-state index contributed by atoms with van der Waals surface area (Å²) in [5, 5.41) is 2.92. The standard InChI is InChI=1S/C18H19NO2/c1-21-17-9-5-4-8-16(17)19-18(20)15-11-10-13-6-2-3-7-14(13)12-15/h4-5,8-12H,2-3,6-7H2,1H3,(H,19,20). The van der Waals surface area contributed by atoms with Gasteiger partial charge in [0.1, 0.15) is 5.75 Å². The molecule has 1 amide bonds. The highest BCUT2D eigenvalue weighted by Crippen LogP contribution is 2.25. The van der Waals surface area contributed by atoms with Crippen molar-refractivity contribution in [2.75, 3.05) is 12.4 Å². The molecule has 0 atom stereocenters. The van der Waals surface area contributed by atoms with E-state index in [1.165, 1.54) is 24.0 Å². The van der Waals surface area contributed by atoms with E-state index in [1.54, 1.807) is 7.11 Å². The highest BCUT2D eigenvalue weighted by atomic mass is 16.5. The van der Waals surface area contributed by atoms with E-state index in [4.69, 9.17) is 4.74 Å². The first-order valence-corrected chi connectivity index (χ1v) is 7.34. The Labute approximate surface area is 124 Å². The molecule has 0 saturated heterocycles. The van der Waals surface area contributed by atoms with Gasteiger partial charge in [-0.3, -0.25) is 4.79 Å². The van der Waals surface area contributed by atoms with Crippen molar-refractivity contribution in [3.8, 4) is 5.75 Å². The van der Waals surface area contributed by atoms with Crippen LogP contribution in [0.25, 0.3) is 0 Å². The summed E-state index contributed by atoms with van der Waals surface area (Å²) in [7, 11) is 1.60. The molecule has 1 aliphatic rings. The van der Waals surface area contributed by atoms with Crippen molar-refractivity contribution in [3.05, 3.63) is 59.2 Å². The van der Waals surface area contributed by atoms with Gasteiger partial charge in [0.2, 0.25) is 0 Å². The van der Waals surface area contributed by atoms with Crippen molar-refractivity contribution in [1.29, 1.82) is 0 Å². The number of carbonyl (C=O) groups excluding carboxylic acids is 1. The van der Waals surface area contributed by atoms with Gasteiger partial charge < -0.3 is 10.1 Å².